The number of hydrogen-bond donors (Lipinski definition) is 1. The molecule has 34 heavy (non-hydrogen) atoms. The fraction of sp³-hybridized carbons (Fsp3) is 0.781. The van der Waals surface area contributed by atoms with Gasteiger partial charge >= 0.3 is 0 Å². The molecule has 0 aliphatic heterocycles. The Hall–Kier alpha value is -1.15. The van der Waals surface area contributed by atoms with Gasteiger partial charge < -0.3 is 5.11 Å². The van der Waals surface area contributed by atoms with E-state index in [4.69, 9.17) is 0 Å². The fourth-order valence-corrected chi connectivity index (χ4v) is 10.6. The van der Waals surface area contributed by atoms with E-state index < -0.39 is 0 Å². The molecule has 4 fully saturated rings. The molecular weight excluding hydrogens is 416 g/mol. The molecular formula is C32H48O2. The molecule has 0 unspecified atom stereocenters. The normalized spacial score (nSPS) is 45.7. The van der Waals surface area contributed by atoms with Crippen LogP contribution in [0.3, 0.4) is 0 Å². The van der Waals surface area contributed by atoms with Gasteiger partial charge in [-0.1, -0.05) is 64.4 Å². The largest absolute Gasteiger partial charge is 0.393 e. The molecule has 4 aliphatic rings. The topological polar surface area (TPSA) is 37.3 Å². The van der Waals surface area contributed by atoms with Crippen molar-refractivity contribution in [2.75, 3.05) is 0 Å². The third kappa shape index (κ3) is 3.48. The van der Waals surface area contributed by atoms with Crippen molar-refractivity contribution in [2.45, 2.75) is 112 Å². The lowest BCUT2D eigenvalue weighted by Crippen LogP contribution is -2.64. The van der Waals surface area contributed by atoms with Crippen molar-refractivity contribution in [1.82, 2.24) is 0 Å². The van der Waals surface area contributed by atoms with Gasteiger partial charge in [0, 0.05) is 12.3 Å². The number of aryl methyl sites for hydroxylation is 2. The van der Waals surface area contributed by atoms with Gasteiger partial charge in [-0.3, -0.25) is 4.79 Å². The maximum atomic E-state index is 13.4. The summed E-state index contributed by atoms with van der Waals surface area (Å²) in [7, 11) is 0. The molecule has 1 N–H and O–H groups in total. The van der Waals surface area contributed by atoms with Gasteiger partial charge in [0.15, 0.2) is 0 Å². The molecule has 0 saturated heterocycles. The number of aliphatic hydroxyl groups excluding tert-OH is 1. The molecule has 2 heteroatoms. The molecule has 4 aliphatic carbocycles. The fourth-order valence-electron chi connectivity index (χ4n) is 10.6. The molecule has 5 rings (SSSR count). The quantitative estimate of drug-likeness (QED) is 0.501. The van der Waals surface area contributed by atoms with Crippen LogP contribution in [0.2, 0.25) is 0 Å². The smallest absolute Gasteiger partial charge is 0.136 e. The average Bonchev–Trinajstić information content (AvgIpc) is 2.75. The highest BCUT2D eigenvalue weighted by Gasteiger charge is 2.67. The van der Waals surface area contributed by atoms with Crippen LogP contribution in [-0.4, -0.2) is 17.0 Å². The highest BCUT2D eigenvalue weighted by Crippen LogP contribution is 2.73. The number of ketones is 1. The molecule has 8 atom stereocenters. The lowest BCUT2D eigenvalue weighted by molar-refractivity contribution is -0.223. The second kappa shape index (κ2) is 8.19. The minimum atomic E-state index is -0.165. The first-order valence-corrected chi connectivity index (χ1v) is 14.2. The van der Waals surface area contributed by atoms with Gasteiger partial charge in [0.1, 0.15) is 5.78 Å². The maximum absolute atomic E-state index is 13.4. The van der Waals surface area contributed by atoms with E-state index in [-0.39, 0.29) is 22.9 Å². The number of fused-ring (bicyclic) bond motifs is 5. The standard InChI is InChI=1S/C32H48O2/c1-21-8-7-9-22(20-21)10-11-23-24(33)12-13-26-30(23,4)17-15-27-31(5)19-16-28(34)29(2,3)25(31)14-18-32(26,27)6/h7-9,20,23,25-28,34H,10-19H2,1-6H3/t23-,25-,26+,27+,28-,30+,31-,32-/m0/s1. The zero-order chi connectivity index (χ0) is 24.5. The van der Waals surface area contributed by atoms with Crippen molar-refractivity contribution in [3.05, 3.63) is 35.4 Å². The third-order valence-corrected chi connectivity index (χ3v) is 12.3. The van der Waals surface area contributed by atoms with E-state index in [1.165, 1.54) is 43.2 Å². The van der Waals surface area contributed by atoms with Crippen molar-refractivity contribution in [2.24, 2.45) is 45.3 Å². The Labute approximate surface area is 208 Å². The van der Waals surface area contributed by atoms with Crippen LogP contribution in [-0.2, 0) is 11.2 Å². The molecule has 188 valence electrons. The second-order valence-corrected chi connectivity index (χ2v) is 14.2. The summed E-state index contributed by atoms with van der Waals surface area (Å²) >= 11 is 0. The minimum absolute atomic E-state index is 0.00790. The number of benzene rings is 1. The van der Waals surface area contributed by atoms with Gasteiger partial charge in [0.25, 0.3) is 0 Å². The van der Waals surface area contributed by atoms with Crippen LogP contribution in [0, 0.1) is 52.3 Å². The molecule has 0 aromatic heterocycles. The van der Waals surface area contributed by atoms with E-state index in [1.54, 1.807) is 0 Å². The Morgan fingerprint density at radius 3 is 2.21 bits per heavy atom. The first-order valence-electron chi connectivity index (χ1n) is 14.2. The zero-order valence-corrected chi connectivity index (χ0v) is 22.6. The van der Waals surface area contributed by atoms with Crippen LogP contribution in [0.15, 0.2) is 24.3 Å². The number of aliphatic hydroxyl groups is 1. The summed E-state index contributed by atoms with van der Waals surface area (Å²) in [5.41, 5.74) is 3.48. The summed E-state index contributed by atoms with van der Waals surface area (Å²) in [5, 5.41) is 10.9. The molecule has 1 aromatic carbocycles. The number of hydrogen-bond acceptors (Lipinski definition) is 2. The Morgan fingerprint density at radius 1 is 0.853 bits per heavy atom. The molecule has 4 saturated carbocycles. The monoisotopic (exact) mass is 464 g/mol. The van der Waals surface area contributed by atoms with Crippen molar-refractivity contribution in [1.29, 1.82) is 0 Å². The van der Waals surface area contributed by atoms with E-state index in [1.807, 2.05) is 0 Å². The lowest BCUT2D eigenvalue weighted by Gasteiger charge is -2.70. The summed E-state index contributed by atoms with van der Waals surface area (Å²) < 4.78 is 0. The summed E-state index contributed by atoms with van der Waals surface area (Å²) in [4.78, 5) is 13.4. The van der Waals surface area contributed by atoms with E-state index in [9.17, 15) is 9.90 Å². The first kappa shape index (κ1) is 24.5. The molecule has 0 bridgehead atoms. The molecule has 0 radical (unpaired) electrons. The predicted molar refractivity (Wildman–Crippen MR) is 140 cm³/mol. The summed E-state index contributed by atoms with van der Waals surface area (Å²) in [5.74, 6) is 2.71. The van der Waals surface area contributed by atoms with Gasteiger partial charge in [0.05, 0.1) is 6.10 Å². The Bertz CT molecular complexity index is 948. The van der Waals surface area contributed by atoms with E-state index >= 15 is 0 Å². The highest BCUT2D eigenvalue weighted by atomic mass is 16.3. The number of rotatable bonds is 3. The van der Waals surface area contributed by atoms with E-state index in [2.05, 4.69) is 65.8 Å². The minimum Gasteiger partial charge on any atom is -0.393 e. The molecule has 0 amide bonds. The number of carbonyl (C=O) groups is 1. The second-order valence-electron chi connectivity index (χ2n) is 14.2. The van der Waals surface area contributed by atoms with Gasteiger partial charge in [-0.15, -0.1) is 0 Å². The predicted octanol–water partition coefficient (Wildman–Crippen LogP) is 7.54. The molecule has 2 nitrogen and oxygen atoms in total. The highest BCUT2D eigenvalue weighted by molar-refractivity contribution is 5.83. The van der Waals surface area contributed by atoms with Gasteiger partial charge in [-0.25, -0.2) is 0 Å². The van der Waals surface area contributed by atoms with Gasteiger partial charge in [-0.05, 0) is 110 Å². The van der Waals surface area contributed by atoms with Crippen LogP contribution in [0.5, 0.6) is 0 Å². The van der Waals surface area contributed by atoms with Crippen LogP contribution < -0.4 is 0 Å². The summed E-state index contributed by atoms with van der Waals surface area (Å²) in [6.45, 7) is 14.5. The zero-order valence-electron chi connectivity index (χ0n) is 22.6. The van der Waals surface area contributed by atoms with E-state index in [0.717, 1.165) is 32.1 Å². The van der Waals surface area contributed by atoms with Crippen LogP contribution >= 0.6 is 0 Å². The van der Waals surface area contributed by atoms with E-state index in [0.29, 0.717) is 34.4 Å². The molecule has 1 aromatic rings. The van der Waals surface area contributed by atoms with Crippen LogP contribution in [0.25, 0.3) is 0 Å². The Kier molecular flexibility index (Phi) is 5.91. The van der Waals surface area contributed by atoms with Gasteiger partial charge in [-0.2, -0.15) is 0 Å². The van der Waals surface area contributed by atoms with Gasteiger partial charge in [0.2, 0.25) is 0 Å². The average molecular weight is 465 g/mol. The summed E-state index contributed by atoms with van der Waals surface area (Å²) in [6.07, 6.45) is 10.8. The summed E-state index contributed by atoms with van der Waals surface area (Å²) in [6, 6.07) is 8.86. The van der Waals surface area contributed by atoms with Crippen LogP contribution in [0.1, 0.15) is 104 Å². The van der Waals surface area contributed by atoms with Crippen molar-refractivity contribution in [3.63, 3.8) is 0 Å². The Morgan fingerprint density at radius 2 is 1.47 bits per heavy atom. The number of carbonyl (C=O) groups excluding carboxylic acids is 1. The lowest BCUT2D eigenvalue weighted by atomic mass is 9.34. The van der Waals surface area contributed by atoms with Crippen molar-refractivity contribution < 1.29 is 9.90 Å². The Balaban J connectivity index is 1.43. The SMILES string of the molecule is Cc1cccc(CC[C@H]2C(=O)CC[C@H]3[C@]4(C)CC[C@H]5C(C)(C)[C@@H](O)CC[C@]5(C)[C@H]4CC[C@@]32C)c1. The first-order chi connectivity index (χ1) is 15.9. The van der Waals surface area contributed by atoms with Crippen molar-refractivity contribution in [3.8, 4) is 0 Å². The third-order valence-electron chi connectivity index (χ3n) is 12.3. The van der Waals surface area contributed by atoms with Crippen molar-refractivity contribution >= 4 is 5.78 Å². The molecule has 0 spiro atoms. The van der Waals surface area contributed by atoms with Crippen LogP contribution in [0.4, 0.5) is 0 Å². The maximum Gasteiger partial charge on any atom is 0.136 e. The molecule has 0 heterocycles. The number of Topliss-reactive ketones (excluding diaryl/α,β-unsaturated/α-hetero) is 1.